The Balaban J connectivity index is 0.000000394. The Labute approximate surface area is 99.5 Å². The SMILES string of the molecule is CC.CCC.Cc1nccc2ccccc12. The van der Waals surface area contributed by atoms with Crippen LogP contribution in [-0.2, 0) is 0 Å². The van der Waals surface area contributed by atoms with Gasteiger partial charge in [0.25, 0.3) is 0 Å². The Morgan fingerprint density at radius 3 is 2.12 bits per heavy atom. The summed E-state index contributed by atoms with van der Waals surface area (Å²) in [6, 6.07) is 10.3. The third-order valence-corrected chi connectivity index (χ3v) is 1.87. The molecule has 0 spiro atoms. The minimum Gasteiger partial charge on any atom is -0.261 e. The molecule has 2 aromatic rings. The van der Waals surface area contributed by atoms with Gasteiger partial charge in [0, 0.05) is 17.3 Å². The maximum absolute atomic E-state index is 4.21. The fourth-order valence-electron chi connectivity index (χ4n) is 1.27. The van der Waals surface area contributed by atoms with E-state index in [1.807, 2.05) is 45.2 Å². The topological polar surface area (TPSA) is 12.9 Å². The Bertz CT molecular complexity index is 388. The lowest BCUT2D eigenvalue weighted by Crippen LogP contribution is -1.80. The number of rotatable bonds is 0. The van der Waals surface area contributed by atoms with E-state index in [1.165, 1.54) is 17.2 Å². The molecule has 1 aromatic heterocycles. The molecule has 1 heterocycles. The monoisotopic (exact) mass is 217 g/mol. The van der Waals surface area contributed by atoms with E-state index in [0.29, 0.717) is 0 Å². The molecule has 0 atom stereocenters. The maximum atomic E-state index is 4.21. The van der Waals surface area contributed by atoms with Crippen molar-refractivity contribution in [3.8, 4) is 0 Å². The minimum atomic E-state index is 1.10. The molecule has 0 saturated heterocycles. The first-order chi connectivity index (χ1) is 7.79. The molecule has 0 fully saturated rings. The highest BCUT2D eigenvalue weighted by molar-refractivity contribution is 5.83. The second-order valence-electron chi connectivity index (χ2n) is 3.32. The molecular formula is C15H23N. The number of pyridine rings is 1. The minimum absolute atomic E-state index is 1.10. The quantitative estimate of drug-likeness (QED) is 0.606. The first-order valence-corrected chi connectivity index (χ1v) is 6.10. The van der Waals surface area contributed by atoms with Crippen LogP contribution in [0.25, 0.3) is 10.8 Å². The smallest absolute Gasteiger partial charge is 0.0450 e. The van der Waals surface area contributed by atoms with Crippen LogP contribution >= 0.6 is 0 Å². The summed E-state index contributed by atoms with van der Waals surface area (Å²) in [6.07, 6.45) is 3.09. The summed E-state index contributed by atoms with van der Waals surface area (Å²) in [7, 11) is 0. The fourth-order valence-corrected chi connectivity index (χ4v) is 1.27. The molecule has 88 valence electrons. The van der Waals surface area contributed by atoms with Gasteiger partial charge in [0.05, 0.1) is 0 Å². The molecule has 0 aliphatic rings. The van der Waals surface area contributed by atoms with Crippen molar-refractivity contribution in [1.82, 2.24) is 4.98 Å². The molecule has 1 aromatic carbocycles. The van der Waals surface area contributed by atoms with E-state index >= 15 is 0 Å². The molecule has 0 amide bonds. The molecule has 2 rings (SSSR count). The van der Waals surface area contributed by atoms with Gasteiger partial charge in [-0.25, -0.2) is 0 Å². The van der Waals surface area contributed by atoms with Crippen molar-refractivity contribution in [2.75, 3.05) is 0 Å². The third-order valence-electron chi connectivity index (χ3n) is 1.87. The molecule has 0 N–H and O–H groups in total. The zero-order valence-electron chi connectivity index (χ0n) is 11.1. The normalized spacial score (nSPS) is 8.56. The lowest BCUT2D eigenvalue weighted by molar-refractivity contribution is 1.09. The number of aromatic nitrogens is 1. The predicted octanol–water partition coefficient (Wildman–Crippen LogP) is 4.99. The van der Waals surface area contributed by atoms with E-state index in [1.54, 1.807) is 0 Å². The van der Waals surface area contributed by atoms with Crippen LogP contribution in [-0.4, -0.2) is 4.98 Å². The number of nitrogens with zero attached hydrogens (tertiary/aromatic N) is 1. The van der Waals surface area contributed by atoms with Gasteiger partial charge < -0.3 is 0 Å². The summed E-state index contributed by atoms with van der Waals surface area (Å²) in [4.78, 5) is 4.21. The summed E-state index contributed by atoms with van der Waals surface area (Å²) in [5, 5.41) is 2.51. The van der Waals surface area contributed by atoms with Crippen molar-refractivity contribution >= 4 is 10.8 Å². The molecule has 1 nitrogen and oxygen atoms in total. The summed E-state index contributed by atoms with van der Waals surface area (Å²) in [5.74, 6) is 0. The van der Waals surface area contributed by atoms with Gasteiger partial charge in [0.15, 0.2) is 0 Å². The number of aryl methyl sites for hydroxylation is 1. The Morgan fingerprint density at radius 1 is 1.00 bits per heavy atom. The summed E-state index contributed by atoms with van der Waals surface area (Å²) in [6.45, 7) is 10.3. The highest BCUT2D eigenvalue weighted by Gasteiger charge is 1.93. The van der Waals surface area contributed by atoms with Crippen molar-refractivity contribution in [2.45, 2.75) is 41.0 Å². The van der Waals surface area contributed by atoms with Crippen LogP contribution in [0.4, 0.5) is 0 Å². The van der Waals surface area contributed by atoms with Crippen LogP contribution in [0.3, 0.4) is 0 Å². The van der Waals surface area contributed by atoms with Crippen molar-refractivity contribution < 1.29 is 0 Å². The van der Waals surface area contributed by atoms with Crippen molar-refractivity contribution in [3.05, 3.63) is 42.2 Å². The number of hydrogen-bond donors (Lipinski definition) is 0. The molecular weight excluding hydrogens is 194 g/mol. The fraction of sp³-hybridized carbons (Fsp3) is 0.400. The van der Waals surface area contributed by atoms with E-state index in [9.17, 15) is 0 Å². The van der Waals surface area contributed by atoms with Crippen LogP contribution in [0.5, 0.6) is 0 Å². The van der Waals surface area contributed by atoms with Gasteiger partial charge in [-0.15, -0.1) is 0 Å². The van der Waals surface area contributed by atoms with E-state index < -0.39 is 0 Å². The Hall–Kier alpha value is -1.37. The summed E-state index contributed by atoms with van der Waals surface area (Å²) >= 11 is 0. The van der Waals surface area contributed by atoms with E-state index in [-0.39, 0.29) is 0 Å². The first-order valence-electron chi connectivity index (χ1n) is 6.10. The number of hydrogen-bond acceptors (Lipinski definition) is 1. The van der Waals surface area contributed by atoms with Crippen LogP contribution in [0.15, 0.2) is 36.5 Å². The second kappa shape index (κ2) is 8.90. The zero-order valence-corrected chi connectivity index (χ0v) is 11.1. The van der Waals surface area contributed by atoms with Gasteiger partial charge >= 0.3 is 0 Å². The number of benzene rings is 1. The van der Waals surface area contributed by atoms with Gasteiger partial charge in [-0.2, -0.15) is 0 Å². The maximum Gasteiger partial charge on any atom is 0.0450 e. The Morgan fingerprint density at radius 2 is 1.56 bits per heavy atom. The third kappa shape index (κ3) is 4.43. The Kier molecular flexibility index (Phi) is 8.14. The molecule has 0 bridgehead atoms. The van der Waals surface area contributed by atoms with Crippen molar-refractivity contribution in [3.63, 3.8) is 0 Å². The second-order valence-corrected chi connectivity index (χ2v) is 3.32. The lowest BCUT2D eigenvalue weighted by Gasteiger charge is -1.97. The molecule has 0 unspecified atom stereocenters. The predicted molar refractivity (Wildman–Crippen MR) is 73.8 cm³/mol. The molecule has 16 heavy (non-hydrogen) atoms. The average molecular weight is 217 g/mol. The van der Waals surface area contributed by atoms with Crippen LogP contribution < -0.4 is 0 Å². The summed E-state index contributed by atoms with van der Waals surface area (Å²) < 4.78 is 0. The molecule has 0 aliphatic heterocycles. The van der Waals surface area contributed by atoms with E-state index in [4.69, 9.17) is 0 Å². The number of fused-ring (bicyclic) bond motifs is 1. The van der Waals surface area contributed by atoms with Crippen LogP contribution in [0.2, 0.25) is 0 Å². The molecule has 1 heteroatoms. The van der Waals surface area contributed by atoms with Gasteiger partial charge in [0.1, 0.15) is 0 Å². The van der Waals surface area contributed by atoms with Gasteiger partial charge in [-0.05, 0) is 18.4 Å². The van der Waals surface area contributed by atoms with Crippen molar-refractivity contribution in [2.24, 2.45) is 0 Å². The van der Waals surface area contributed by atoms with Crippen LogP contribution in [0, 0.1) is 6.92 Å². The van der Waals surface area contributed by atoms with Gasteiger partial charge in [-0.3, -0.25) is 4.98 Å². The van der Waals surface area contributed by atoms with Crippen molar-refractivity contribution in [1.29, 1.82) is 0 Å². The molecule has 0 saturated carbocycles. The zero-order chi connectivity index (χ0) is 12.4. The van der Waals surface area contributed by atoms with Gasteiger partial charge in [-0.1, -0.05) is 58.4 Å². The standard InChI is InChI=1S/C10H9N.C3H8.C2H6/c1-8-10-5-3-2-4-9(10)6-7-11-8;1-3-2;1-2/h2-7H,1H3;3H2,1-2H3;1-2H3. The first kappa shape index (κ1) is 14.6. The average Bonchev–Trinajstić information content (AvgIpc) is 2.33. The van der Waals surface area contributed by atoms with E-state index in [2.05, 4.69) is 31.0 Å². The van der Waals surface area contributed by atoms with Gasteiger partial charge in [0.2, 0.25) is 0 Å². The van der Waals surface area contributed by atoms with Crippen LogP contribution in [0.1, 0.15) is 39.8 Å². The largest absolute Gasteiger partial charge is 0.261 e. The molecule has 0 aliphatic carbocycles. The highest BCUT2D eigenvalue weighted by Crippen LogP contribution is 2.14. The highest BCUT2D eigenvalue weighted by atomic mass is 14.7. The summed E-state index contributed by atoms with van der Waals surface area (Å²) in [5.41, 5.74) is 1.10. The lowest BCUT2D eigenvalue weighted by atomic mass is 10.1. The van der Waals surface area contributed by atoms with E-state index in [0.717, 1.165) is 5.69 Å². The molecule has 0 radical (unpaired) electrons.